The van der Waals surface area contributed by atoms with Crippen LogP contribution in [0.1, 0.15) is 29.2 Å². The van der Waals surface area contributed by atoms with Crippen LogP contribution in [0.2, 0.25) is 5.02 Å². The zero-order valence-electron chi connectivity index (χ0n) is 17.4. The van der Waals surface area contributed by atoms with Crippen molar-refractivity contribution in [3.8, 4) is 23.0 Å². The molecule has 1 aliphatic heterocycles. The molecule has 0 saturated carbocycles. The summed E-state index contributed by atoms with van der Waals surface area (Å²) in [5.41, 5.74) is 4.04. The van der Waals surface area contributed by atoms with Gasteiger partial charge in [0.2, 0.25) is 5.91 Å². The lowest BCUT2D eigenvalue weighted by atomic mass is 9.86. The van der Waals surface area contributed by atoms with Crippen LogP contribution in [0.3, 0.4) is 0 Å². The number of aromatic nitrogens is 5. The van der Waals surface area contributed by atoms with Gasteiger partial charge in [-0.25, -0.2) is 4.98 Å². The van der Waals surface area contributed by atoms with E-state index in [-0.39, 0.29) is 24.2 Å². The van der Waals surface area contributed by atoms with Crippen LogP contribution < -0.4 is 10.1 Å². The summed E-state index contributed by atoms with van der Waals surface area (Å²) in [6.07, 6.45) is 1.87. The van der Waals surface area contributed by atoms with Gasteiger partial charge in [0.1, 0.15) is 11.6 Å². The highest BCUT2D eigenvalue weighted by Gasteiger charge is 2.34. The van der Waals surface area contributed by atoms with Crippen LogP contribution in [-0.2, 0) is 4.79 Å². The predicted molar refractivity (Wildman–Crippen MR) is 120 cm³/mol. The zero-order valence-corrected chi connectivity index (χ0v) is 18.2. The van der Waals surface area contributed by atoms with E-state index >= 15 is 0 Å². The van der Waals surface area contributed by atoms with Gasteiger partial charge in [-0.1, -0.05) is 29.8 Å². The highest BCUT2D eigenvalue weighted by atomic mass is 35.5. The zero-order chi connectivity index (χ0) is 22.2. The minimum atomic E-state index is -0.209. The van der Waals surface area contributed by atoms with Gasteiger partial charge in [-0.05, 0) is 42.8 Å². The second kappa shape index (κ2) is 8.05. The molecule has 1 amide bonds. The number of halogens is 1. The molecular formula is C23H19ClN6O2. The first-order valence-electron chi connectivity index (χ1n) is 10.0. The molecule has 2 aromatic heterocycles. The molecule has 0 radical (unpaired) electrons. The average molecular weight is 447 g/mol. The summed E-state index contributed by atoms with van der Waals surface area (Å²) in [4.78, 5) is 17.2. The molecule has 0 fully saturated rings. The summed E-state index contributed by atoms with van der Waals surface area (Å²) in [5.74, 6) is 1.22. The molecule has 8 nitrogen and oxygen atoms in total. The highest BCUT2D eigenvalue weighted by Crippen LogP contribution is 2.42. The van der Waals surface area contributed by atoms with Gasteiger partial charge in [0.15, 0.2) is 0 Å². The van der Waals surface area contributed by atoms with Gasteiger partial charge in [0.05, 0.1) is 24.7 Å². The molecule has 0 spiro atoms. The third-order valence-corrected chi connectivity index (χ3v) is 5.85. The Morgan fingerprint density at radius 2 is 1.94 bits per heavy atom. The van der Waals surface area contributed by atoms with Crippen molar-refractivity contribution in [1.82, 2.24) is 25.0 Å². The number of carbonyl (C=O) groups excluding carboxylic acids is 1. The highest BCUT2D eigenvalue weighted by molar-refractivity contribution is 6.31. The molecule has 3 heterocycles. The predicted octanol–water partition coefficient (Wildman–Crippen LogP) is 4.17. The molecule has 1 aliphatic rings. The topological polar surface area (TPSA) is 94.8 Å². The molecule has 32 heavy (non-hydrogen) atoms. The maximum Gasteiger partial charge on any atom is 0.272 e. The second-order valence-corrected chi connectivity index (χ2v) is 7.86. The molecule has 0 saturated heterocycles. The molecule has 160 valence electrons. The van der Waals surface area contributed by atoms with Gasteiger partial charge in [-0.15, -0.1) is 5.10 Å². The number of nitrogens with zero attached hydrogens (tertiary/aromatic N) is 5. The number of anilines is 1. The van der Waals surface area contributed by atoms with Crippen molar-refractivity contribution in [3.63, 3.8) is 0 Å². The van der Waals surface area contributed by atoms with Crippen molar-refractivity contribution in [2.45, 2.75) is 19.3 Å². The summed E-state index contributed by atoms with van der Waals surface area (Å²) < 4.78 is 6.75. The molecule has 0 bridgehead atoms. The molecule has 9 heteroatoms. The smallest absolute Gasteiger partial charge is 0.272 e. The van der Waals surface area contributed by atoms with Crippen molar-refractivity contribution in [1.29, 1.82) is 0 Å². The Kier molecular flexibility index (Phi) is 5.07. The molecule has 2 aromatic carbocycles. The number of hydrogen-bond acceptors (Lipinski definition) is 6. The van der Waals surface area contributed by atoms with Crippen LogP contribution in [0.25, 0.3) is 17.2 Å². The Hall–Kier alpha value is -3.78. The minimum absolute atomic E-state index is 0.122. The monoisotopic (exact) mass is 446 g/mol. The quantitative estimate of drug-likeness (QED) is 0.505. The Morgan fingerprint density at radius 1 is 1.16 bits per heavy atom. The minimum Gasteiger partial charge on any atom is -0.497 e. The maximum atomic E-state index is 12.6. The van der Waals surface area contributed by atoms with E-state index in [4.69, 9.17) is 16.3 Å². The first kappa shape index (κ1) is 20.1. The van der Waals surface area contributed by atoms with E-state index in [1.807, 2.05) is 55.5 Å². The van der Waals surface area contributed by atoms with Crippen molar-refractivity contribution in [2.75, 3.05) is 12.4 Å². The number of aryl methyl sites for hydroxylation is 1. The first-order chi connectivity index (χ1) is 15.5. The lowest BCUT2D eigenvalue weighted by molar-refractivity contribution is -0.116. The molecular weight excluding hydrogens is 428 g/mol. The van der Waals surface area contributed by atoms with Crippen molar-refractivity contribution in [3.05, 3.63) is 76.6 Å². The number of fused-ring (bicyclic) bond motifs is 1. The fourth-order valence-electron chi connectivity index (χ4n) is 4.00. The number of benzene rings is 2. The molecule has 0 unspecified atom stereocenters. The number of ether oxygens (including phenoxy) is 1. The van der Waals surface area contributed by atoms with E-state index in [0.717, 1.165) is 28.1 Å². The summed E-state index contributed by atoms with van der Waals surface area (Å²) >= 11 is 6.46. The Balaban J connectivity index is 1.60. The SMILES string of the molecule is COc1ccc(-c2cnnc(-n3nc(C)c4c3NC(=O)C[C@@H]4c3ccccc3Cl)n2)cc1. The molecule has 1 atom stereocenters. The molecule has 5 rings (SSSR count). The van der Waals surface area contributed by atoms with Gasteiger partial charge < -0.3 is 10.1 Å². The fourth-order valence-corrected chi connectivity index (χ4v) is 4.27. The van der Waals surface area contributed by atoms with Gasteiger partial charge in [-0.3, -0.25) is 4.79 Å². The van der Waals surface area contributed by atoms with Crippen molar-refractivity contribution in [2.24, 2.45) is 0 Å². The van der Waals surface area contributed by atoms with Gasteiger partial charge in [-0.2, -0.15) is 14.9 Å². The summed E-state index contributed by atoms with van der Waals surface area (Å²) in [6, 6.07) is 15.0. The molecule has 0 aliphatic carbocycles. The lowest BCUT2D eigenvalue weighted by Crippen LogP contribution is -2.25. The number of carbonyl (C=O) groups is 1. The second-order valence-electron chi connectivity index (χ2n) is 7.46. The van der Waals surface area contributed by atoms with E-state index in [1.54, 1.807) is 13.3 Å². The lowest BCUT2D eigenvalue weighted by Gasteiger charge is -2.24. The summed E-state index contributed by atoms with van der Waals surface area (Å²) in [5, 5.41) is 16.5. The number of nitrogens with one attached hydrogen (secondary N) is 1. The number of amides is 1. The van der Waals surface area contributed by atoms with Crippen LogP contribution in [0, 0.1) is 6.92 Å². The van der Waals surface area contributed by atoms with Crippen LogP contribution in [0.5, 0.6) is 5.75 Å². The first-order valence-corrected chi connectivity index (χ1v) is 10.4. The number of methoxy groups -OCH3 is 1. The molecule has 4 aromatic rings. The standard InChI is InChI=1S/C23H19ClN6O2/c1-13-21-17(16-5-3-4-6-18(16)24)11-20(31)27-22(21)30(29-13)23-26-19(12-25-28-23)14-7-9-15(32-2)10-8-14/h3-10,12,17H,11H2,1-2H3,(H,27,31)/t17-/m1/s1. The van der Waals surface area contributed by atoms with Crippen molar-refractivity contribution >= 4 is 23.3 Å². The third kappa shape index (κ3) is 3.48. The van der Waals surface area contributed by atoms with Gasteiger partial charge in [0.25, 0.3) is 5.95 Å². The number of rotatable bonds is 4. The normalized spacial score (nSPS) is 15.2. The largest absolute Gasteiger partial charge is 0.497 e. The summed E-state index contributed by atoms with van der Waals surface area (Å²) in [7, 11) is 1.62. The van der Waals surface area contributed by atoms with Gasteiger partial charge in [0, 0.05) is 28.5 Å². The van der Waals surface area contributed by atoms with E-state index in [0.29, 0.717) is 16.5 Å². The average Bonchev–Trinajstić information content (AvgIpc) is 3.15. The summed E-state index contributed by atoms with van der Waals surface area (Å²) in [6.45, 7) is 1.90. The van der Waals surface area contributed by atoms with E-state index in [2.05, 4.69) is 25.6 Å². The Bertz CT molecular complexity index is 1320. The maximum absolute atomic E-state index is 12.6. The van der Waals surface area contributed by atoms with Crippen LogP contribution in [0.15, 0.2) is 54.7 Å². The van der Waals surface area contributed by atoms with Crippen molar-refractivity contribution < 1.29 is 9.53 Å². The van der Waals surface area contributed by atoms with Crippen LogP contribution in [0.4, 0.5) is 5.82 Å². The Morgan fingerprint density at radius 3 is 2.69 bits per heavy atom. The number of hydrogen-bond donors (Lipinski definition) is 1. The fraction of sp³-hybridized carbons (Fsp3) is 0.174. The van der Waals surface area contributed by atoms with Crippen LogP contribution in [-0.4, -0.2) is 38.0 Å². The third-order valence-electron chi connectivity index (χ3n) is 5.51. The van der Waals surface area contributed by atoms with E-state index < -0.39 is 0 Å². The van der Waals surface area contributed by atoms with Gasteiger partial charge >= 0.3 is 0 Å². The van der Waals surface area contributed by atoms with E-state index in [1.165, 1.54) is 4.68 Å². The van der Waals surface area contributed by atoms with Crippen LogP contribution >= 0.6 is 11.6 Å². The Labute approximate surface area is 189 Å². The molecule has 1 N–H and O–H groups in total. The van der Waals surface area contributed by atoms with E-state index in [9.17, 15) is 4.79 Å².